The minimum absolute atomic E-state index is 0.0940. The van der Waals surface area contributed by atoms with Crippen molar-refractivity contribution in [1.29, 1.82) is 0 Å². The van der Waals surface area contributed by atoms with Gasteiger partial charge in [0.25, 0.3) is 0 Å². The zero-order valence-corrected chi connectivity index (χ0v) is 13.0. The number of aromatic hydroxyl groups is 2. The van der Waals surface area contributed by atoms with Crippen LogP contribution in [0.2, 0.25) is 0 Å². The lowest BCUT2D eigenvalue weighted by atomic mass is 9.82. The maximum Gasteiger partial charge on any atom is 0.338 e. The molecule has 1 saturated carbocycles. The molecule has 2 fully saturated rings. The number of fused-ring (bicyclic) bond motifs is 3. The van der Waals surface area contributed by atoms with Gasteiger partial charge in [0.1, 0.15) is 23.9 Å². The van der Waals surface area contributed by atoms with E-state index in [0.717, 1.165) is 6.07 Å². The highest BCUT2D eigenvalue weighted by Crippen LogP contribution is 2.60. The van der Waals surface area contributed by atoms with E-state index in [9.17, 15) is 20.1 Å². The highest BCUT2D eigenvalue weighted by atomic mass is 16.7. The number of aliphatic hydroxyl groups is 1. The van der Waals surface area contributed by atoms with Crippen LogP contribution >= 0.6 is 0 Å². The Balaban J connectivity index is 1.58. The Morgan fingerprint density at radius 2 is 2.12 bits per heavy atom. The molecule has 24 heavy (non-hydrogen) atoms. The molecule has 3 N–H and O–H groups in total. The number of rotatable bonds is 3. The van der Waals surface area contributed by atoms with Crippen LogP contribution in [0.3, 0.4) is 0 Å². The summed E-state index contributed by atoms with van der Waals surface area (Å²) in [6.45, 7) is 1.74. The molecule has 2 aliphatic heterocycles. The summed E-state index contributed by atoms with van der Waals surface area (Å²) < 4.78 is 16.8. The van der Waals surface area contributed by atoms with Gasteiger partial charge in [-0.05, 0) is 31.2 Å². The van der Waals surface area contributed by atoms with Gasteiger partial charge in [-0.1, -0.05) is 0 Å². The van der Waals surface area contributed by atoms with Gasteiger partial charge in [-0.3, -0.25) is 0 Å². The smallest absolute Gasteiger partial charge is 0.338 e. The topological polar surface area (TPSA) is 109 Å². The molecule has 6 atom stereocenters. The Bertz CT molecular complexity index is 715. The molecule has 7 nitrogen and oxygen atoms in total. The van der Waals surface area contributed by atoms with Crippen LogP contribution in [-0.4, -0.2) is 51.8 Å². The molecule has 0 spiro atoms. The highest BCUT2D eigenvalue weighted by Gasteiger charge is 2.76. The predicted molar refractivity (Wildman–Crippen MR) is 80.3 cm³/mol. The first-order valence-corrected chi connectivity index (χ1v) is 7.81. The average molecular weight is 334 g/mol. The van der Waals surface area contributed by atoms with Crippen molar-refractivity contribution in [2.75, 3.05) is 6.61 Å². The molecular formula is C17H18O7. The minimum atomic E-state index is -0.725. The van der Waals surface area contributed by atoms with Crippen molar-refractivity contribution in [2.24, 2.45) is 11.8 Å². The van der Waals surface area contributed by atoms with Gasteiger partial charge < -0.3 is 29.5 Å². The summed E-state index contributed by atoms with van der Waals surface area (Å²) in [6.07, 6.45) is 2.37. The fourth-order valence-electron chi connectivity index (χ4n) is 4.05. The van der Waals surface area contributed by atoms with Crippen molar-refractivity contribution in [2.45, 2.75) is 30.8 Å². The van der Waals surface area contributed by atoms with Crippen LogP contribution in [0, 0.1) is 11.8 Å². The SMILES string of the molecule is C[C@@H]1OC=C[C@H]2[C@H](OC(=O)c3ccc(O)c(O)c3)[C@@H]3O[C@]3(CO)[C@H]21. The number of ether oxygens (including phenoxy) is 3. The fourth-order valence-corrected chi connectivity index (χ4v) is 4.05. The van der Waals surface area contributed by atoms with Crippen molar-refractivity contribution in [3.8, 4) is 11.5 Å². The summed E-state index contributed by atoms with van der Waals surface area (Å²) in [5.41, 5.74) is -0.593. The van der Waals surface area contributed by atoms with E-state index in [0.29, 0.717) is 0 Å². The van der Waals surface area contributed by atoms with E-state index in [4.69, 9.17) is 14.2 Å². The Morgan fingerprint density at radius 1 is 1.33 bits per heavy atom. The zero-order chi connectivity index (χ0) is 17.1. The van der Waals surface area contributed by atoms with E-state index in [1.54, 1.807) is 6.26 Å². The molecule has 1 aliphatic carbocycles. The quantitative estimate of drug-likeness (QED) is 0.429. The minimum Gasteiger partial charge on any atom is -0.504 e. The van der Waals surface area contributed by atoms with Gasteiger partial charge in [0.05, 0.1) is 18.4 Å². The number of aliphatic hydroxyl groups excluding tert-OH is 1. The van der Waals surface area contributed by atoms with Gasteiger partial charge in [-0.2, -0.15) is 0 Å². The maximum atomic E-state index is 12.4. The molecule has 4 rings (SSSR count). The summed E-state index contributed by atoms with van der Waals surface area (Å²) in [5, 5.41) is 28.6. The summed E-state index contributed by atoms with van der Waals surface area (Å²) in [5.74, 6) is -1.51. The van der Waals surface area contributed by atoms with Crippen LogP contribution in [0.25, 0.3) is 0 Å². The summed E-state index contributed by atoms with van der Waals surface area (Å²) in [6, 6.07) is 3.75. The Hall–Kier alpha value is -2.25. The van der Waals surface area contributed by atoms with Crippen molar-refractivity contribution in [1.82, 2.24) is 0 Å². The fraction of sp³-hybridized carbons (Fsp3) is 0.471. The van der Waals surface area contributed by atoms with E-state index in [1.807, 2.05) is 13.0 Å². The molecule has 2 heterocycles. The number of carbonyl (C=O) groups excluding carboxylic acids is 1. The number of carbonyl (C=O) groups is 1. The molecule has 3 aliphatic rings. The van der Waals surface area contributed by atoms with E-state index in [2.05, 4.69) is 0 Å². The Labute approximate surface area is 138 Å². The molecule has 1 saturated heterocycles. The van der Waals surface area contributed by atoms with Crippen LogP contribution < -0.4 is 0 Å². The molecule has 1 aromatic rings. The van der Waals surface area contributed by atoms with Crippen molar-refractivity contribution in [3.05, 3.63) is 36.1 Å². The number of hydrogen-bond acceptors (Lipinski definition) is 7. The maximum absolute atomic E-state index is 12.4. The largest absolute Gasteiger partial charge is 0.504 e. The first kappa shape index (κ1) is 15.3. The lowest BCUT2D eigenvalue weighted by Crippen LogP contribution is -2.41. The molecule has 0 amide bonds. The molecular weight excluding hydrogens is 316 g/mol. The molecule has 0 aromatic heterocycles. The van der Waals surface area contributed by atoms with Gasteiger partial charge >= 0.3 is 5.97 Å². The lowest BCUT2D eigenvalue weighted by molar-refractivity contribution is -0.0486. The number of phenols is 2. The summed E-state index contributed by atoms with van der Waals surface area (Å²) in [4.78, 5) is 12.4. The number of benzene rings is 1. The molecule has 0 radical (unpaired) electrons. The normalized spacial score (nSPS) is 38.8. The van der Waals surface area contributed by atoms with Crippen molar-refractivity contribution < 1.29 is 34.3 Å². The third-order valence-corrected chi connectivity index (χ3v) is 5.23. The number of hydrogen-bond donors (Lipinski definition) is 3. The van der Waals surface area contributed by atoms with Crippen LogP contribution in [0.5, 0.6) is 11.5 Å². The van der Waals surface area contributed by atoms with Gasteiger partial charge in [-0.25, -0.2) is 4.79 Å². The second-order valence-electron chi connectivity index (χ2n) is 6.50. The first-order valence-electron chi connectivity index (χ1n) is 7.81. The molecule has 0 bridgehead atoms. The highest BCUT2D eigenvalue weighted by molar-refractivity contribution is 5.90. The second kappa shape index (κ2) is 5.12. The predicted octanol–water partition coefficient (Wildman–Crippen LogP) is 0.931. The second-order valence-corrected chi connectivity index (χ2v) is 6.50. The standard InChI is InChI=1S/C17H18O7/c1-8-13-10(4-5-22-8)14(15-17(13,7-18)24-15)23-16(21)9-2-3-11(19)12(20)6-9/h2-6,8,10,13-15,18-20H,7H2,1H3/t8-,10+,13-,14-,15-,17+/m0/s1. The van der Waals surface area contributed by atoms with Crippen LogP contribution in [0.1, 0.15) is 17.3 Å². The summed E-state index contributed by atoms with van der Waals surface area (Å²) in [7, 11) is 0. The first-order chi connectivity index (χ1) is 11.5. The van der Waals surface area contributed by atoms with Crippen LogP contribution in [0.15, 0.2) is 30.5 Å². The summed E-state index contributed by atoms with van der Waals surface area (Å²) >= 11 is 0. The van der Waals surface area contributed by atoms with Gasteiger partial charge in [0, 0.05) is 11.8 Å². The zero-order valence-electron chi connectivity index (χ0n) is 13.0. The van der Waals surface area contributed by atoms with Gasteiger partial charge in [0.2, 0.25) is 0 Å². The van der Waals surface area contributed by atoms with E-state index in [1.165, 1.54) is 12.1 Å². The Kier molecular flexibility index (Phi) is 3.26. The molecule has 7 heteroatoms. The van der Waals surface area contributed by atoms with E-state index >= 15 is 0 Å². The third kappa shape index (κ3) is 2.01. The number of epoxide rings is 1. The van der Waals surface area contributed by atoms with Gasteiger partial charge in [-0.15, -0.1) is 0 Å². The van der Waals surface area contributed by atoms with Crippen LogP contribution in [-0.2, 0) is 14.2 Å². The Morgan fingerprint density at radius 3 is 2.83 bits per heavy atom. The van der Waals surface area contributed by atoms with Crippen molar-refractivity contribution >= 4 is 5.97 Å². The number of phenolic OH excluding ortho intramolecular Hbond substituents is 2. The molecule has 0 unspecified atom stereocenters. The third-order valence-electron chi connectivity index (χ3n) is 5.23. The van der Waals surface area contributed by atoms with E-state index < -0.39 is 17.7 Å². The van der Waals surface area contributed by atoms with Crippen LogP contribution in [0.4, 0.5) is 0 Å². The molecule has 1 aromatic carbocycles. The lowest BCUT2D eigenvalue weighted by Gasteiger charge is -2.34. The number of esters is 1. The van der Waals surface area contributed by atoms with Gasteiger partial charge in [0.15, 0.2) is 11.5 Å². The van der Waals surface area contributed by atoms with E-state index in [-0.39, 0.29) is 47.7 Å². The average Bonchev–Trinajstić information content (AvgIpc) is 3.24. The molecule has 128 valence electrons. The van der Waals surface area contributed by atoms with Crippen molar-refractivity contribution in [3.63, 3.8) is 0 Å². The monoisotopic (exact) mass is 334 g/mol.